The molecule has 3 heterocycles. The number of thioether (sulfide) groups is 1. The lowest BCUT2D eigenvalue weighted by Gasteiger charge is -2.48. The third-order valence-corrected chi connectivity index (χ3v) is 8.11. The SMILES string of the molecule is CC(=O)Oc1c2n(ccc1=O)N([C@@H]1c3ccccc3CSc3c(C#N)cccc31)CN([C@H](C)C(F)(F)F)C2O. The monoisotopic (exact) mass is 556 g/mol. The van der Waals surface area contributed by atoms with Gasteiger partial charge in [0.05, 0.1) is 18.3 Å². The zero-order valence-electron chi connectivity index (χ0n) is 20.8. The van der Waals surface area contributed by atoms with E-state index in [9.17, 15) is 33.1 Å². The molecule has 2 aromatic carbocycles. The minimum atomic E-state index is -4.71. The molecule has 0 amide bonds. The van der Waals surface area contributed by atoms with E-state index in [2.05, 4.69) is 6.07 Å². The number of carbonyl (C=O) groups excluding carboxylic acids is 1. The number of esters is 1. The summed E-state index contributed by atoms with van der Waals surface area (Å²) in [5.41, 5.74) is 1.74. The van der Waals surface area contributed by atoms with Crippen LogP contribution < -0.4 is 15.2 Å². The van der Waals surface area contributed by atoms with Crippen LogP contribution in [0, 0.1) is 11.3 Å². The largest absolute Gasteiger partial charge is 0.420 e. The smallest absolute Gasteiger partial charge is 0.403 e. The number of carbonyl (C=O) groups is 1. The van der Waals surface area contributed by atoms with Gasteiger partial charge in [0.25, 0.3) is 0 Å². The van der Waals surface area contributed by atoms with E-state index in [4.69, 9.17) is 4.74 Å². The summed E-state index contributed by atoms with van der Waals surface area (Å²) in [5.74, 6) is -0.891. The van der Waals surface area contributed by atoms with Crippen molar-refractivity contribution in [1.29, 1.82) is 5.26 Å². The number of fused-ring (bicyclic) bond motifs is 3. The van der Waals surface area contributed by atoms with Crippen molar-refractivity contribution in [3.8, 4) is 11.8 Å². The average molecular weight is 557 g/mol. The van der Waals surface area contributed by atoms with Crippen molar-refractivity contribution < 1.29 is 27.8 Å². The molecule has 1 unspecified atom stereocenters. The highest BCUT2D eigenvalue weighted by atomic mass is 32.2. The van der Waals surface area contributed by atoms with Crippen LogP contribution in [0.25, 0.3) is 0 Å². The number of aliphatic hydroxyl groups is 1. The minimum Gasteiger partial charge on any atom is -0.420 e. The molecule has 2 aliphatic rings. The Hall–Kier alpha value is -3.79. The molecule has 39 heavy (non-hydrogen) atoms. The van der Waals surface area contributed by atoms with Gasteiger partial charge >= 0.3 is 12.1 Å². The van der Waals surface area contributed by atoms with Crippen molar-refractivity contribution in [2.45, 2.75) is 49.0 Å². The van der Waals surface area contributed by atoms with E-state index in [0.717, 1.165) is 35.9 Å². The molecule has 0 radical (unpaired) electrons. The zero-order valence-corrected chi connectivity index (χ0v) is 21.7. The Morgan fingerprint density at radius 1 is 1.18 bits per heavy atom. The number of rotatable bonds is 3. The van der Waals surface area contributed by atoms with E-state index >= 15 is 0 Å². The molecule has 1 N–H and O–H groups in total. The number of nitriles is 1. The fourth-order valence-electron chi connectivity index (χ4n) is 5.02. The third kappa shape index (κ3) is 4.67. The van der Waals surface area contributed by atoms with Crippen LogP contribution in [0.15, 0.2) is 64.4 Å². The number of nitrogens with zero attached hydrogens (tertiary/aromatic N) is 4. The number of benzene rings is 2. The van der Waals surface area contributed by atoms with Crippen LogP contribution in [0.4, 0.5) is 13.2 Å². The van der Waals surface area contributed by atoms with Crippen LogP contribution in [0.5, 0.6) is 5.75 Å². The molecule has 0 fully saturated rings. The summed E-state index contributed by atoms with van der Waals surface area (Å²) in [6, 6.07) is 13.2. The molecule has 0 bridgehead atoms. The predicted molar refractivity (Wildman–Crippen MR) is 136 cm³/mol. The third-order valence-electron chi connectivity index (χ3n) is 6.91. The topological polar surface area (TPSA) is 98.8 Å². The minimum absolute atomic E-state index is 0.299. The molecule has 202 valence electrons. The summed E-state index contributed by atoms with van der Waals surface area (Å²) in [4.78, 5) is 26.1. The van der Waals surface area contributed by atoms with Crippen molar-refractivity contribution in [1.82, 2.24) is 9.58 Å². The Kier molecular flexibility index (Phi) is 6.92. The fraction of sp³-hybridized carbons (Fsp3) is 0.296. The highest BCUT2D eigenvalue weighted by molar-refractivity contribution is 7.98. The van der Waals surface area contributed by atoms with Gasteiger partial charge in [-0.3, -0.25) is 19.3 Å². The molecule has 3 atom stereocenters. The first-order valence-corrected chi connectivity index (χ1v) is 13.0. The lowest BCUT2D eigenvalue weighted by molar-refractivity contribution is -0.207. The molecule has 5 rings (SSSR count). The second kappa shape index (κ2) is 10.1. The van der Waals surface area contributed by atoms with Crippen LogP contribution in [0.1, 0.15) is 54.1 Å². The summed E-state index contributed by atoms with van der Waals surface area (Å²) < 4.78 is 48.6. The normalized spacial score (nSPS) is 19.7. The number of aromatic nitrogens is 1. The van der Waals surface area contributed by atoms with Crippen molar-refractivity contribution in [3.63, 3.8) is 0 Å². The van der Waals surface area contributed by atoms with E-state index in [-0.39, 0.29) is 5.69 Å². The predicted octanol–water partition coefficient (Wildman–Crippen LogP) is 4.19. The van der Waals surface area contributed by atoms with Crippen molar-refractivity contribution in [2.75, 3.05) is 11.7 Å². The molecular formula is C27H23F3N4O4S. The second-order valence-electron chi connectivity index (χ2n) is 9.24. The van der Waals surface area contributed by atoms with Gasteiger partial charge in [-0.1, -0.05) is 36.4 Å². The van der Waals surface area contributed by atoms with E-state index in [1.165, 1.54) is 22.6 Å². The van der Waals surface area contributed by atoms with Gasteiger partial charge in [0.15, 0.2) is 6.23 Å². The van der Waals surface area contributed by atoms with E-state index in [1.54, 1.807) is 17.1 Å². The van der Waals surface area contributed by atoms with Crippen molar-refractivity contribution in [2.24, 2.45) is 0 Å². The highest BCUT2D eigenvalue weighted by Crippen LogP contribution is 2.45. The van der Waals surface area contributed by atoms with E-state index in [0.29, 0.717) is 21.8 Å². The summed E-state index contributed by atoms with van der Waals surface area (Å²) in [6.45, 7) is 1.57. The first kappa shape index (κ1) is 26.8. The molecule has 0 aliphatic carbocycles. The van der Waals surface area contributed by atoms with Crippen LogP contribution in [-0.2, 0) is 10.5 Å². The molecule has 3 aromatic rings. The Labute approximate surface area is 225 Å². The quantitative estimate of drug-likeness (QED) is 0.480. The Morgan fingerprint density at radius 3 is 2.59 bits per heavy atom. The van der Waals surface area contributed by atoms with Gasteiger partial charge < -0.3 is 9.84 Å². The molecule has 0 saturated carbocycles. The molecule has 8 nitrogen and oxygen atoms in total. The fourth-order valence-corrected chi connectivity index (χ4v) is 6.20. The standard InChI is InChI=1S/C27H23F3N4O4S/c1-15(27(28,29)30)32-14-34(33-11-10-21(36)24(38-16(2)35)23(33)26(32)37)22-19-8-4-3-6-18(19)13-39-25-17(12-31)7-5-9-20(22)25/h3-11,15,22,26,37H,13-14H2,1-2H3/t15-,22-,26?/m1/s1. The van der Waals surface area contributed by atoms with Crippen LogP contribution >= 0.6 is 11.8 Å². The van der Waals surface area contributed by atoms with E-state index in [1.807, 2.05) is 30.3 Å². The number of hydrogen-bond donors (Lipinski definition) is 1. The number of alkyl halides is 3. The van der Waals surface area contributed by atoms with Crippen LogP contribution in [0.3, 0.4) is 0 Å². The van der Waals surface area contributed by atoms with Gasteiger partial charge in [0, 0.05) is 29.8 Å². The lowest BCUT2D eigenvalue weighted by Crippen LogP contribution is -2.59. The van der Waals surface area contributed by atoms with Crippen molar-refractivity contribution >= 4 is 17.7 Å². The van der Waals surface area contributed by atoms with Gasteiger partial charge in [-0.15, -0.1) is 11.8 Å². The number of pyridine rings is 1. The van der Waals surface area contributed by atoms with Crippen LogP contribution in [-0.4, -0.2) is 39.5 Å². The average Bonchev–Trinajstić information content (AvgIpc) is 3.06. The lowest BCUT2D eigenvalue weighted by atomic mass is 9.93. The van der Waals surface area contributed by atoms with Gasteiger partial charge in [0.2, 0.25) is 11.2 Å². The first-order valence-electron chi connectivity index (χ1n) is 12.0. The maximum absolute atomic E-state index is 14.0. The summed E-state index contributed by atoms with van der Waals surface area (Å²) >= 11 is 1.46. The maximum atomic E-state index is 14.0. The molecule has 12 heteroatoms. The molecule has 2 aliphatic heterocycles. The molecule has 1 aromatic heterocycles. The highest BCUT2D eigenvalue weighted by Gasteiger charge is 2.48. The number of halogens is 3. The first-order chi connectivity index (χ1) is 18.5. The number of ether oxygens (including phenoxy) is 1. The number of aliphatic hydroxyl groups excluding tert-OH is 1. The molecule has 0 spiro atoms. The Morgan fingerprint density at radius 2 is 1.90 bits per heavy atom. The summed E-state index contributed by atoms with van der Waals surface area (Å²) in [7, 11) is 0. The molecular weight excluding hydrogens is 533 g/mol. The second-order valence-corrected chi connectivity index (χ2v) is 10.2. The van der Waals surface area contributed by atoms with Gasteiger partial charge in [-0.05, 0) is 29.7 Å². The number of hydrogen-bond acceptors (Lipinski definition) is 8. The summed E-state index contributed by atoms with van der Waals surface area (Å²) in [6.07, 6.45) is -5.28. The van der Waals surface area contributed by atoms with Gasteiger partial charge in [-0.2, -0.15) is 18.4 Å². The van der Waals surface area contributed by atoms with Crippen LogP contribution in [0.2, 0.25) is 0 Å². The molecule has 0 saturated heterocycles. The van der Waals surface area contributed by atoms with E-state index < -0.39 is 48.3 Å². The zero-order chi connectivity index (χ0) is 28.1. The van der Waals surface area contributed by atoms with Gasteiger partial charge in [-0.25, -0.2) is 4.90 Å². The Balaban J connectivity index is 1.81. The summed E-state index contributed by atoms with van der Waals surface area (Å²) in [5, 5.41) is 22.6. The maximum Gasteiger partial charge on any atom is 0.403 e. The van der Waals surface area contributed by atoms with Crippen molar-refractivity contribution in [3.05, 3.63) is 92.9 Å². The van der Waals surface area contributed by atoms with Gasteiger partial charge in [0.1, 0.15) is 17.8 Å². The Bertz CT molecular complexity index is 1550.